The zero-order valence-electron chi connectivity index (χ0n) is 18.7. The Morgan fingerprint density at radius 3 is 2.26 bits per heavy atom. The fraction of sp³-hybridized carbons (Fsp3) is 0.111. The van der Waals surface area contributed by atoms with Crippen LogP contribution in [0.5, 0.6) is 0 Å². The van der Waals surface area contributed by atoms with E-state index in [1.807, 2.05) is 60.0 Å². The fourth-order valence-electron chi connectivity index (χ4n) is 4.45. The SMILES string of the molecule is Cc1nc2c(c(=O)n1CCc1ccccc1)c1nc3ccccc3nc1n2-c1ccc(Cl)c(Cl)c1. The molecule has 0 unspecified atom stereocenters. The number of nitrogens with zero attached hydrogens (tertiary/aromatic N) is 5. The smallest absolute Gasteiger partial charge is 0.265 e. The van der Waals surface area contributed by atoms with E-state index in [1.165, 1.54) is 0 Å². The van der Waals surface area contributed by atoms with Crippen molar-refractivity contribution < 1.29 is 0 Å². The molecular formula is C27H19Cl2N5O. The Balaban J connectivity index is 1.66. The number of hydrogen-bond donors (Lipinski definition) is 0. The van der Waals surface area contributed by atoms with Crippen molar-refractivity contribution in [3.05, 3.63) is 105 Å². The summed E-state index contributed by atoms with van der Waals surface area (Å²) >= 11 is 12.5. The monoisotopic (exact) mass is 499 g/mol. The first-order valence-electron chi connectivity index (χ1n) is 11.2. The third-order valence-electron chi connectivity index (χ3n) is 6.18. The van der Waals surface area contributed by atoms with Crippen molar-refractivity contribution in [1.82, 2.24) is 24.1 Å². The quantitative estimate of drug-likeness (QED) is 0.292. The van der Waals surface area contributed by atoms with E-state index in [-0.39, 0.29) is 5.56 Å². The molecule has 0 fully saturated rings. The number of fused-ring (bicyclic) bond motifs is 4. The van der Waals surface area contributed by atoms with E-state index in [9.17, 15) is 4.79 Å². The predicted octanol–water partition coefficient (Wildman–Crippen LogP) is 6.14. The number of hydrogen-bond acceptors (Lipinski definition) is 4. The van der Waals surface area contributed by atoms with Crippen molar-refractivity contribution >= 4 is 56.4 Å². The van der Waals surface area contributed by atoms with Crippen molar-refractivity contribution in [1.29, 1.82) is 0 Å². The Bertz CT molecular complexity index is 1810. The molecule has 0 radical (unpaired) electrons. The summed E-state index contributed by atoms with van der Waals surface area (Å²) < 4.78 is 3.55. The molecule has 0 saturated carbocycles. The van der Waals surface area contributed by atoms with E-state index >= 15 is 0 Å². The molecule has 0 aliphatic rings. The molecule has 0 saturated heterocycles. The first-order valence-corrected chi connectivity index (χ1v) is 11.9. The molecule has 0 atom stereocenters. The minimum Gasteiger partial charge on any atom is -0.296 e. The molecule has 0 N–H and O–H groups in total. The highest BCUT2D eigenvalue weighted by atomic mass is 35.5. The third kappa shape index (κ3) is 3.66. The van der Waals surface area contributed by atoms with Gasteiger partial charge in [-0.15, -0.1) is 0 Å². The molecule has 0 spiro atoms. The minimum absolute atomic E-state index is 0.142. The second kappa shape index (κ2) is 8.48. The van der Waals surface area contributed by atoms with Gasteiger partial charge < -0.3 is 0 Å². The van der Waals surface area contributed by atoms with E-state index in [0.717, 1.165) is 17.5 Å². The normalized spacial score (nSPS) is 11.6. The average Bonchev–Trinajstić information content (AvgIpc) is 3.17. The van der Waals surface area contributed by atoms with Gasteiger partial charge in [0, 0.05) is 6.54 Å². The van der Waals surface area contributed by atoms with E-state index in [1.54, 1.807) is 16.7 Å². The molecule has 0 bridgehead atoms. The van der Waals surface area contributed by atoms with Gasteiger partial charge in [0.15, 0.2) is 11.3 Å². The first-order chi connectivity index (χ1) is 17.0. The summed E-state index contributed by atoms with van der Waals surface area (Å²) in [5, 5.41) is 1.28. The molecular weight excluding hydrogens is 481 g/mol. The molecule has 3 aromatic carbocycles. The Morgan fingerprint density at radius 1 is 0.800 bits per heavy atom. The number of aromatic nitrogens is 5. The molecule has 6 aromatic rings. The van der Waals surface area contributed by atoms with Gasteiger partial charge in [-0.25, -0.2) is 15.0 Å². The van der Waals surface area contributed by atoms with Crippen LogP contribution in [0.3, 0.4) is 0 Å². The molecule has 6 nitrogen and oxygen atoms in total. The van der Waals surface area contributed by atoms with Crippen LogP contribution in [0.2, 0.25) is 10.0 Å². The molecule has 0 aliphatic carbocycles. The van der Waals surface area contributed by atoms with Gasteiger partial charge in [0.1, 0.15) is 16.7 Å². The van der Waals surface area contributed by atoms with Gasteiger partial charge in [-0.05, 0) is 49.2 Å². The minimum atomic E-state index is -0.142. The number of benzene rings is 3. The lowest BCUT2D eigenvalue weighted by Gasteiger charge is -2.11. The third-order valence-corrected chi connectivity index (χ3v) is 6.92. The summed E-state index contributed by atoms with van der Waals surface area (Å²) in [6, 6.07) is 23.0. The van der Waals surface area contributed by atoms with Crippen LogP contribution in [0.15, 0.2) is 77.6 Å². The maximum absolute atomic E-state index is 13.9. The van der Waals surface area contributed by atoms with Gasteiger partial charge in [0.25, 0.3) is 5.56 Å². The van der Waals surface area contributed by atoms with Gasteiger partial charge in [-0.2, -0.15) is 0 Å². The van der Waals surface area contributed by atoms with Gasteiger partial charge in [-0.3, -0.25) is 13.9 Å². The molecule has 3 heterocycles. The Kier molecular flexibility index (Phi) is 5.28. The molecule has 0 aliphatic heterocycles. The average molecular weight is 500 g/mol. The van der Waals surface area contributed by atoms with E-state index in [0.29, 0.717) is 55.8 Å². The fourth-order valence-corrected chi connectivity index (χ4v) is 4.74. The van der Waals surface area contributed by atoms with Crippen molar-refractivity contribution in [3.8, 4) is 5.69 Å². The van der Waals surface area contributed by atoms with Crippen molar-refractivity contribution in [2.24, 2.45) is 0 Å². The maximum atomic E-state index is 13.9. The summed E-state index contributed by atoms with van der Waals surface area (Å²) in [6.45, 7) is 2.36. The highest BCUT2D eigenvalue weighted by Crippen LogP contribution is 2.31. The standard InChI is InChI=1S/C27H19Cl2N5O/c1-16-30-25-23(27(35)33(16)14-13-17-7-3-2-4-8-17)24-26(32-22-10-6-5-9-21(22)31-24)34(25)18-11-12-19(28)20(29)15-18/h2-12,15H,13-14H2,1H3. The lowest BCUT2D eigenvalue weighted by Crippen LogP contribution is -2.25. The van der Waals surface area contributed by atoms with Crippen LogP contribution in [0.4, 0.5) is 0 Å². The van der Waals surface area contributed by atoms with Gasteiger partial charge in [-0.1, -0.05) is 65.7 Å². The first kappa shape index (κ1) is 21.8. The lowest BCUT2D eigenvalue weighted by atomic mass is 10.1. The number of aryl methyl sites for hydroxylation is 2. The van der Waals surface area contributed by atoms with E-state index in [4.69, 9.17) is 38.2 Å². The van der Waals surface area contributed by atoms with Crippen LogP contribution in [-0.4, -0.2) is 24.1 Å². The van der Waals surface area contributed by atoms with Crippen LogP contribution < -0.4 is 5.56 Å². The van der Waals surface area contributed by atoms with Crippen LogP contribution in [0.1, 0.15) is 11.4 Å². The number of halogens is 2. The summed E-state index contributed by atoms with van der Waals surface area (Å²) in [4.78, 5) is 28.5. The number of para-hydroxylation sites is 2. The Morgan fingerprint density at radius 2 is 1.51 bits per heavy atom. The Labute approximate surface area is 210 Å². The second-order valence-electron chi connectivity index (χ2n) is 8.37. The van der Waals surface area contributed by atoms with Crippen molar-refractivity contribution in [2.45, 2.75) is 19.9 Å². The van der Waals surface area contributed by atoms with Gasteiger partial charge in [0.05, 0.1) is 26.8 Å². The second-order valence-corrected chi connectivity index (χ2v) is 9.18. The van der Waals surface area contributed by atoms with Gasteiger partial charge in [0.2, 0.25) is 0 Å². The van der Waals surface area contributed by atoms with Crippen LogP contribution in [-0.2, 0) is 13.0 Å². The van der Waals surface area contributed by atoms with Crippen molar-refractivity contribution in [2.75, 3.05) is 0 Å². The predicted molar refractivity (Wildman–Crippen MR) is 141 cm³/mol. The molecule has 8 heteroatoms. The summed E-state index contributed by atoms with van der Waals surface area (Å²) in [5.41, 5.74) is 4.70. The van der Waals surface area contributed by atoms with Gasteiger partial charge >= 0.3 is 0 Å². The largest absolute Gasteiger partial charge is 0.296 e. The molecule has 6 rings (SSSR count). The maximum Gasteiger partial charge on any atom is 0.265 e. The van der Waals surface area contributed by atoms with Crippen LogP contribution in [0, 0.1) is 6.92 Å². The zero-order chi connectivity index (χ0) is 24.1. The summed E-state index contributed by atoms with van der Waals surface area (Å²) in [6.07, 6.45) is 0.717. The van der Waals surface area contributed by atoms with Crippen molar-refractivity contribution in [3.63, 3.8) is 0 Å². The van der Waals surface area contributed by atoms with E-state index in [2.05, 4.69) is 12.1 Å². The van der Waals surface area contributed by atoms with Crippen LogP contribution in [0.25, 0.3) is 38.9 Å². The highest BCUT2D eigenvalue weighted by Gasteiger charge is 2.22. The molecule has 35 heavy (non-hydrogen) atoms. The van der Waals surface area contributed by atoms with Crippen LogP contribution >= 0.6 is 23.2 Å². The number of rotatable bonds is 4. The molecule has 172 valence electrons. The topological polar surface area (TPSA) is 65.6 Å². The summed E-state index contributed by atoms with van der Waals surface area (Å²) in [7, 11) is 0. The molecule has 3 aromatic heterocycles. The zero-order valence-corrected chi connectivity index (χ0v) is 20.3. The highest BCUT2D eigenvalue weighted by molar-refractivity contribution is 6.42. The van der Waals surface area contributed by atoms with E-state index < -0.39 is 0 Å². The summed E-state index contributed by atoms with van der Waals surface area (Å²) in [5.74, 6) is 0.618. The molecule has 0 amide bonds. The Hall–Kier alpha value is -3.74. The lowest BCUT2D eigenvalue weighted by molar-refractivity contribution is 0.637.